The maximum atomic E-state index is 13.1. The lowest BCUT2D eigenvalue weighted by Gasteiger charge is -2.18. The van der Waals surface area contributed by atoms with Crippen LogP contribution in [0.2, 0.25) is 5.02 Å². The predicted octanol–water partition coefficient (Wildman–Crippen LogP) is 6.32. The summed E-state index contributed by atoms with van der Waals surface area (Å²) in [5.74, 6) is -2.26. The minimum absolute atomic E-state index is 0.216. The molecule has 0 saturated heterocycles. The van der Waals surface area contributed by atoms with Crippen LogP contribution in [0.25, 0.3) is 0 Å². The fourth-order valence-electron chi connectivity index (χ4n) is 3.37. The second-order valence-corrected chi connectivity index (χ2v) is 8.49. The summed E-state index contributed by atoms with van der Waals surface area (Å²) in [7, 11) is 0. The molecule has 1 aliphatic heterocycles. The number of hydrogen-bond donors (Lipinski definition) is 1. The number of alkyl halides is 3. The van der Waals surface area contributed by atoms with Crippen molar-refractivity contribution in [3.05, 3.63) is 99.2 Å². The average Bonchev–Trinajstić information content (AvgIpc) is 3.02. The number of hydrogen-bond acceptors (Lipinski definition) is 5. The van der Waals surface area contributed by atoms with Crippen molar-refractivity contribution < 1.29 is 32.3 Å². The Hall–Kier alpha value is -3.82. The number of ether oxygens (including phenoxy) is 1. The Morgan fingerprint density at radius 2 is 1.64 bits per heavy atom. The van der Waals surface area contributed by atoms with Crippen LogP contribution in [0.15, 0.2) is 77.5 Å². The zero-order valence-electron chi connectivity index (χ0n) is 18.3. The molecule has 2 amide bonds. The molecule has 0 aliphatic carbocycles. The summed E-state index contributed by atoms with van der Waals surface area (Å²) in [6, 6.07) is 15.0. The number of nitrogens with zero attached hydrogens (tertiary/aromatic N) is 1. The van der Waals surface area contributed by atoms with Crippen LogP contribution in [0.3, 0.4) is 0 Å². The number of benzene rings is 3. The van der Waals surface area contributed by atoms with E-state index >= 15 is 0 Å². The van der Waals surface area contributed by atoms with Gasteiger partial charge < -0.3 is 10.1 Å². The highest BCUT2D eigenvalue weighted by molar-refractivity contribution is 6.53. The maximum Gasteiger partial charge on any atom is 0.416 e. The molecule has 1 aliphatic rings. The van der Waals surface area contributed by atoms with Gasteiger partial charge >= 0.3 is 12.1 Å². The van der Waals surface area contributed by atoms with Crippen LogP contribution in [-0.2, 0) is 15.8 Å². The van der Waals surface area contributed by atoms with Gasteiger partial charge in [-0.25, -0.2) is 9.69 Å². The molecule has 0 saturated carbocycles. The Kier molecular flexibility index (Phi) is 6.79. The molecule has 0 aromatic heterocycles. The smallest absolute Gasteiger partial charge is 0.416 e. The highest BCUT2D eigenvalue weighted by Gasteiger charge is 2.41. The number of carbonyl (C=O) groups excluding carboxylic acids is 3. The Balaban J connectivity index is 1.52. The van der Waals surface area contributed by atoms with Gasteiger partial charge in [-0.1, -0.05) is 35.3 Å². The van der Waals surface area contributed by atoms with Crippen LogP contribution in [0.1, 0.15) is 21.5 Å². The van der Waals surface area contributed by atoms with Crippen molar-refractivity contribution in [1.82, 2.24) is 0 Å². The van der Waals surface area contributed by atoms with Gasteiger partial charge in [0.2, 0.25) is 0 Å². The van der Waals surface area contributed by atoms with E-state index in [0.717, 1.165) is 17.7 Å². The van der Waals surface area contributed by atoms with E-state index in [4.69, 9.17) is 27.9 Å². The first kappa shape index (κ1) is 25.3. The quantitative estimate of drug-likeness (QED) is 0.235. The van der Waals surface area contributed by atoms with Crippen LogP contribution in [0.4, 0.5) is 24.5 Å². The van der Waals surface area contributed by atoms with Gasteiger partial charge in [0.15, 0.2) is 0 Å². The molecule has 3 aromatic carbocycles. The molecule has 0 bridgehead atoms. The minimum Gasteiger partial charge on any atom is -0.423 e. The van der Waals surface area contributed by atoms with Crippen LogP contribution >= 0.6 is 23.2 Å². The molecule has 36 heavy (non-hydrogen) atoms. The van der Waals surface area contributed by atoms with E-state index in [1.165, 1.54) is 24.3 Å². The molecule has 4 rings (SSSR count). The fourth-order valence-corrected chi connectivity index (χ4v) is 3.78. The van der Waals surface area contributed by atoms with E-state index in [0.29, 0.717) is 16.7 Å². The first-order valence-electron chi connectivity index (χ1n) is 10.3. The number of amides is 2. The Morgan fingerprint density at radius 1 is 0.944 bits per heavy atom. The van der Waals surface area contributed by atoms with Gasteiger partial charge in [0.05, 0.1) is 21.8 Å². The van der Waals surface area contributed by atoms with Gasteiger partial charge in [0, 0.05) is 5.69 Å². The van der Waals surface area contributed by atoms with E-state index in [9.17, 15) is 27.6 Å². The first-order valence-corrected chi connectivity index (χ1v) is 11.0. The zero-order valence-corrected chi connectivity index (χ0v) is 19.8. The van der Waals surface area contributed by atoms with Crippen LogP contribution in [-0.4, -0.2) is 17.8 Å². The van der Waals surface area contributed by atoms with E-state index < -0.39 is 40.2 Å². The van der Waals surface area contributed by atoms with E-state index in [2.05, 4.69) is 5.32 Å². The minimum atomic E-state index is -4.72. The largest absolute Gasteiger partial charge is 0.423 e. The highest BCUT2D eigenvalue weighted by atomic mass is 35.5. The van der Waals surface area contributed by atoms with Gasteiger partial charge in [-0.05, 0) is 67.1 Å². The third kappa shape index (κ3) is 5.07. The molecule has 6 nitrogen and oxygen atoms in total. The number of halogens is 5. The molecule has 0 unspecified atom stereocenters. The summed E-state index contributed by atoms with van der Waals surface area (Å²) in [6.07, 6.45) is -4.72. The van der Waals surface area contributed by atoms with E-state index in [-0.39, 0.29) is 22.0 Å². The van der Waals surface area contributed by atoms with Gasteiger partial charge in [-0.2, -0.15) is 13.2 Å². The van der Waals surface area contributed by atoms with Gasteiger partial charge in [-0.15, -0.1) is 0 Å². The van der Waals surface area contributed by atoms with Gasteiger partial charge in [0.25, 0.3) is 11.8 Å². The van der Waals surface area contributed by atoms with Crippen molar-refractivity contribution >= 4 is 52.4 Å². The first-order chi connectivity index (χ1) is 17.0. The fraction of sp³-hybridized carbons (Fsp3) is 0.0800. The summed E-state index contributed by atoms with van der Waals surface area (Å²) < 4.78 is 44.7. The van der Waals surface area contributed by atoms with Crippen LogP contribution < -0.4 is 15.0 Å². The highest BCUT2D eigenvalue weighted by Crippen LogP contribution is 2.38. The second-order valence-electron chi connectivity index (χ2n) is 7.71. The third-order valence-corrected chi connectivity index (χ3v) is 5.80. The molecule has 0 spiro atoms. The van der Waals surface area contributed by atoms with Crippen molar-refractivity contribution in [3.8, 4) is 5.75 Å². The topological polar surface area (TPSA) is 75.7 Å². The molecule has 1 heterocycles. The lowest BCUT2D eigenvalue weighted by molar-refractivity contribution is -0.137. The average molecular weight is 535 g/mol. The molecular weight excluding hydrogens is 520 g/mol. The summed E-state index contributed by atoms with van der Waals surface area (Å²) in [5, 5.41) is 1.90. The monoisotopic (exact) mass is 534 g/mol. The molecule has 0 atom stereocenters. The number of anilines is 2. The molecule has 184 valence electrons. The van der Waals surface area contributed by atoms with Gasteiger partial charge in [-0.3, -0.25) is 9.59 Å². The summed E-state index contributed by atoms with van der Waals surface area (Å²) in [6.45, 7) is 1.86. The number of aryl methyl sites for hydroxylation is 1. The lowest BCUT2D eigenvalue weighted by Crippen LogP contribution is -2.32. The summed E-state index contributed by atoms with van der Waals surface area (Å²) >= 11 is 12.0. The third-order valence-electron chi connectivity index (χ3n) is 5.13. The normalized spacial score (nSPS) is 13.9. The van der Waals surface area contributed by atoms with Crippen molar-refractivity contribution in [3.63, 3.8) is 0 Å². The molecule has 3 aromatic rings. The number of imide groups is 1. The number of rotatable bonds is 5. The number of esters is 1. The summed E-state index contributed by atoms with van der Waals surface area (Å²) in [4.78, 5) is 38.4. The number of nitrogens with one attached hydrogen (secondary N) is 1. The molecule has 1 N–H and O–H groups in total. The molecule has 11 heteroatoms. The number of carbonyl (C=O) groups is 3. The standard InChI is InChI=1S/C25H15Cl2F3N2O4/c1-13-3-2-4-17(11-13)36-24(35)14-5-8-16(9-6-14)31-21-20(27)22(33)32(23(21)34)19-12-15(25(28,29)30)7-10-18(19)26/h2-12,31H,1H3. The Morgan fingerprint density at radius 3 is 2.28 bits per heavy atom. The maximum absolute atomic E-state index is 13.1. The Labute approximate surface area is 212 Å². The van der Waals surface area contributed by atoms with Crippen LogP contribution in [0.5, 0.6) is 5.75 Å². The van der Waals surface area contributed by atoms with E-state index in [1.54, 1.807) is 18.2 Å². The van der Waals surface area contributed by atoms with E-state index in [1.807, 2.05) is 13.0 Å². The molecular formula is C25H15Cl2F3N2O4. The SMILES string of the molecule is Cc1cccc(OC(=O)c2ccc(NC3=C(Cl)C(=O)N(c4cc(C(F)(F)F)ccc4Cl)C3=O)cc2)c1. The zero-order chi connectivity index (χ0) is 26.2. The van der Waals surface area contributed by atoms with Gasteiger partial charge in [0.1, 0.15) is 16.5 Å². The second kappa shape index (κ2) is 9.67. The predicted molar refractivity (Wildman–Crippen MR) is 128 cm³/mol. The summed E-state index contributed by atoms with van der Waals surface area (Å²) in [5.41, 5.74) is -0.480. The van der Waals surface area contributed by atoms with Crippen molar-refractivity contribution in [2.75, 3.05) is 10.2 Å². The van der Waals surface area contributed by atoms with Crippen molar-refractivity contribution in [2.24, 2.45) is 0 Å². The molecule has 0 radical (unpaired) electrons. The van der Waals surface area contributed by atoms with Crippen molar-refractivity contribution in [2.45, 2.75) is 13.1 Å². The lowest BCUT2D eigenvalue weighted by atomic mass is 10.1. The molecule has 0 fully saturated rings. The van der Waals surface area contributed by atoms with Crippen molar-refractivity contribution in [1.29, 1.82) is 0 Å². The van der Waals surface area contributed by atoms with Crippen LogP contribution in [0, 0.1) is 6.92 Å². The Bertz CT molecular complexity index is 1420.